The topological polar surface area (TPSA) is 72.9 Å². The molecule has 21 heavy (non-hydrogen) atoms. The van der Waals surface area contributed by atoms with Crippen LogP contribution >= 0.6 is 0 Å². The minimum atomic E-state index is -0.887. The van der Waals surface area contributed by atoms with Crippen molar-refractivity contribution in [3.63, 3.8) is 0 Å². The molecule has 0 unspecified atom stereocenters. The summed E-state index contributed by atoms with van der Waals surface area (Å²) in [6.45, 7) is 4.52. The highest BCUT2D eigenvalue weighted by molar-refractivity contribution is 6.04. The van der Waals surface area contributed by atoms with E-state index in [9.17, 15) is 14.4 Å². The van der Waals surface area contributed by atoms with Gasteiger partial charge in [0, 0.05) is 5.56 Å². The Morgan fingerprint density at radius 3 is 2.14 bits per heavy atom. The molecule has 6 nitrogen and oxygen atoms in total. The maximum Gasteiger partial charge on any atom is 0.417 e. The minimum absolute atomic E-state index is 0.285. The highest BCUT2D eigenvalue weighted by Gasteiger charge is 2.30. The van der Waals surface area contributed by atoms with Crippen molar-refractivity contribution in [1.29, 1.82) is 0 Å². The molecule has 1 rings (SSSR count). The third kappa shape index (κ3) is 5.25. The molecule has 0 aliphatic carbocycles. The number of hydrogen-bond acceptors (Lipinski definition) is 5. The van der Waals surface area contributed by atoms with Crippen LogP contribution in [0.5, 0.6) is 0 Å². The van der Waals surface area contributed by atoms with Gasteiger partial charge in [0.05, 0.1) is 7.11 Å². The molecule has 0 radical (unpaired) electrons. The van der Waals surface area contributed by atoms with Crippen LogP contribution in [0.4, 0.5) is 4.79 Å². The Hall–Kier alpha value is -2.37. The van der Waals surface area contributed by atoms with Crippen molar-refractivity contribution < 1.29 is 23.9 Å². The lowest BCUT2D eigenvalue weighted by atomic mass is 10.2. The van der Waals surface area contributed by atoms with E-state index < -0.39 is 30.1 Å². The lowest BCUT2D eigenvalue weighted by molar-refractivity contribution is -0.141. The van der Waals surface area contributed by atoms with Crippen LogP contribution in [0.25, 0.3) is 0 Å². The van der Waals surface area contributed by atoms with E-state index in [0.717, 1.165) is 4.90 Å². The van der Waals surface area contributed by atoms with Crippen molar-refractivity contribution in [3.8, 4) is 0 Å². The number of amides is 2. The smallest absolute Gasteiger partial charge is 0.417 e. The molecular formula is C15H19NO5. The Balaban J connectivity index is 2.99. The first-order chi connectivity index (χ1) is 9.74. The summed E-state index contributed by atoms with van der Waals surface area (Å²) < 4.78 is 9.65. The van der Waals surface area contributed by atoms with Gasteiger partial charge in [-0.25, -0.2) is 9.69 Å². The minimum Gasteiger partial charge on any atom is -0.468 e. The largest absolute Gasteiger partial charge is 0.468 e. The first kappa shape index (κ1) is 16.7. The van der Waals surface area contributed by atoms with Gasteiger partial charge in [0.25, 0.3) is 5.91 Å². The molecule has 114 valence electrons. The average Bonchev–Trinajstić information content (AvgIpc) is 2.42. The van der Waals surface area contributed by atoms with Crippen LogP contribution in [0.2, 0.25) is 0 Å². The highest BCUT2D eigenvalue weighted by Crippen LogP contribution is 2.13. The predicted octanol–water partition coefficient (Wildman–Crippen LogP) is 2.24. The number of ether oxygens (including phenoxy) is 2. The van der Waals surface area contributed by atoms with E-state index in [-0.39, 0.29) is 5.56 Å². The zero-order valence-corrected chi connectivity index (χ0v) is 12.6. The summed E-state index contributed by atoms with van der Waals surface area (Å²) in [4.78, 5) is 36.6. The van der Waals surface area contributed by atoms with Crippen molar-refractivity contribution in [2.75, 3.05) is 13.7 Å². The molecule has 1 aromatic carbocycles. The van der Waals surface area contributed by atoms with E-state index in [1.165, 1.54) is 7.11 Å². The normalized spacial score (nSPS) is 10.7. The Kier molecular flexibility index (Phi) is 5.46. The summed E-state index contributed by atoms with van der Waals surface area (Å²) >= 11 is 0. The lowest BCUT2D eigenvalue weighted by Gasteiger charge is -2.25. The SMILES string of the molecule is COC(=O)CN(C(=O)OC(C)(C)C)C(=O)c1ccccc1. The molecule has 2 amide bonds. The molecule has 0 aromatic heterocycles. The van der Waals surface area contributed by atoms with Crippen LogP contribution in [0.1, 0.15) is 31.1 Å². The summed E-state index contributed by atoms with van der Waals surface area (Å²) in [5.74, 6) is -1.32. The molecule has 6 heteroatoms. The Morgan fingerprint density at radius 1 is 1.10 bits per heavy atom. The Labute approximate surface area is 123 Å². The van der Waals surface area contributed by atoms with Gasteiger partial charge >= 0.3 is 12.1 Å². The van der Waals surface area contributed by atoms with Gasteiger partial charge in [-0.3, -0.25) is 9.59 Å². The molecule has 0 bridgehead atoms. The highest BCUT2D eigenvalue weighted by atomic mass is 16.6. The van der Waals surface area contributed by atoms with Crippen LogP contribution in [0.15, 0.2) is 30.3 Å². The zero-order valence-electron chi connectivity index (χ0n) is 12.6. The van der Waals surface area contributed by atoms with Gasteiger partial charge in [0.15, 0.2) is 0 Å². The fraction of sp³-hybridized carbons (Fsp3) is 0.400. The zero-order chi connectivity index (χ0) is 16.0. The third-order valence-electron chi connectivity index (χ3n) is 2.39. The summed E-state index contributed by atoms with van der Waals surface area (Å²) in [5.41, 5.74) is -0.491. The van der Waals surface area contributed by atoms with Crippen LogP contribution in [-0.2, 0) is 14.3 Å². The Bertz CT molecular complexity index is 519. The van der Waals surface area contributed by atoms with Crippen LogP contribution in [-0.4, -0.2) is 42.1 Å². The van der Waals surface area contributed by atoms with Gasteiger partial charge in [-0.2, -0.15) is 0 Å². The maximum atomic E-state index is 12.3. The number of rotatable bonds is 3. The summed E-state index contributed by atoms with van der Waals surface area (Å²) in [7, 11) is 1.18. The fourth-order valence-corrected chi connectivity index (χ4v) is 1.47. The van der Waals surface area contributed by atoms with E-state index >= 15 is 0 Å². The molecular weight excluding hydrogens is 274 g/mol. The number of carbonyl (C=O) groups is 3. The number of hydrogen-bond donors (Lipinski definition) is 0. The molecule has 0 aliphatic heterocycles. The van der Waals surface area contributed by atoms with Gasteiger partial charge in [-0.15, -0.1) is 0 Å². The van der Waals surface area contributed by atoms with Gasteiger partial charge in [0.2, 0.25) is 0 Å². The quantitative estimate of drug-likeness (QED) is 0.799. The monoisotopic (exact) mass is 293 g/mol. The molecule has 0 heterocycles. The van der Waals surface area contributed by atoms with Crippen molar-refractivity contribution in [2.45, 2.75) is 26.4 Å². The van der Waals surface area contributed by atoms with Gasteiger partial charge in [-0.05, 0) is 32.9 Å². The maximum absolute atomic E-state index is 12.3. The molecule has 0 aliphatic rings. The van der Waals surface area contributed by atoms with Crippen LogP contribution in [0.3, 0.4) is 0 Å². The number of benzene rings is 1. The first-order valence-electron chi connectivity index (χ1n) is 6.41. The second kappa shape index (κ2) is 6.88. The average molecular weight is 293 g/mol. The second-order valence-corrected chi connectivity index (χ2v) is 5.31. The van der Waals surface area contributed by atoms with Crippen LogP contribution < -0.4 is 0 Å². The van der Waals surface area contributed by atoms with Gasteiger partial charge in [-0.1, -0.05) is 18.2 Å². The van der Waals surface area contributed by atoms with Crippen molar-refractivity contribution in [3.05, 3.63) is 35.9 Å². The number of methoxy groups -OCH3 is 1. The molecule has 1 aromatic rings. The van der Waals surface area contributed by atoms with E-state index in [4.69, 9.17) is 4.74 Å². The van der Waals surface area contributed by atoms with Crippen molar-refractivity contribution >= 4 is 18.0 Å². The third-order valence-corrected chi connectivity index (χ3v) is 2.39. The number of nitrogens with zero attached hydrogens (tertiary/aromatic N) is 1. The van der Waals surface area contributed by atoms with E-state index in [2.05, 4.69) is 4.74 Å². The molecule has 0 saturated heterocycles. The molecule has 0 N–H and O–H groups in total. The molecule has 0 saturated carbocycles. The van der Waals surface area contributed by atoms with Crippen molar-refractivity contribution in [2.24, 2.45) is 0 Å². The van der Waals surface area contributed by atoms with Gasteiger partial charge < -0.3 is 9.47 Å². The van der Waals surface area contributed by atoms with Gasteiger partial charge in [0.1, 0.15) is 12.1 Å². The number of imide groups is 1. The van der Waals surface area contributed by atoms with Crippen LogP contribution in [0, 0.1) is 0 Å². The van der Waals surface area contributed by atoms with E-state index in [1.807, 2.05) is 0 Å². The molecule has 0 spiro atoms. The summed E-state index contributed by atoms with van der Waals surface area (Å²) in [6.07, 6.45) is -0.887. The molecule has 0 fully saturated rings. The number of esters is 1. The second-order valence-electron chi connectivity index (χ2n) is 5.31. The Morgan fingerprint density at radius 2 is 1.67 bits per heavy atom. The summed E-state index contributed by atoms with van der Waals surface area (Å²) in [5, 5.41) is 0. The van der Waals surface area contributed by atoms with E-state index in [0.29, 0.717) is 0 Å². The number of carbonyl (C=O) groups excluding carboxylic acids is 3. The lowest BCUT2D eigenvalue weighted by Crippen LogP contribution is -2.43. The predicted molar refractivity (Wildman–Crippen MR) is 75.7 cm³/mol. The standard InChI is InChI=1S/C15H19NO5/c1-15(2,3)21-14(19)16(10-12(17)20-4)13(18)11-8-6-5-7-9-11/h5-9H,10H2,1-4H3. The van der Waals surface area contributed by atoms with Crippen molar-refractivity contribution in [1.82, 2.24) is 4.90 Å². The summed E-state index contributed by atoms with van der Waals surface area (Å²) in [6, 6.07) is 8.18. The van der Waals surface area contributed by atoms with E-state index in [1.54, 1.807) is 51.1 Å². The molecule has 0 atom stereocenters. The first-order valence-corrected chi connectivity index (χ1v) is 6.41. The fourth-order valence-electron chi connectivity index (χ4n) is 1.47.